The van der Waals surface area contributed by atoms with Crippen LogP contribution in [0.15, 0.2) is 55.1 Å². The minimum atomic E-state index is -0.971. The van der Waals surface area contributed by atoms with Gasteiger partial charge in [0.05, 0.1) is 5.69 Å². The molecule has 0 spiro atoms. The zero-order valence-electron chi connectivity index (χ0n) is 18.1. The molecular formula is C24H28N2O5. The molecule has 3 rings (SSSR count). The van der Waals surface area contributed by atoms with Crippen LogP contribution >= 0.6 is 0 Å². The topological polar surface area (TPSA) is 91.1 Å². The van der Waals surface area contributed by atoms with E-state index in [1.54, 1.807) is 39.0 Å². The summed E-state index contributed by atoms with van der Waals surface area (Å²) in [5.41, 5.74) is 7.11. The summed E-state index contributed by atoms with van der Waals surface area (Å²) in [6.07, 6.45) is 1.72. The fourth-order valence-corrected chi connectivity index (χ4v) is 3.38. The number of rotatable bonds is 7. The molecular weight excluding hydrogens is 396 g/mol. The van der Waals surface area contributed by atoms with Gasteiger partial charge in [-0.25, -0.2) is 4.79 Å². The molecule has 1 heterocycles. The van der Waals surface area contributed by atoms with Gasteiger partial charge in [-0.15, -0.1) is 6.58 Å². The number of benzene rings is 2. The van der Waals surface area contributed by atoms with E-state index in [4.69, 9.17) is 19.9 Å². The van der Waals surface area contributed by atoms with Crippen LogP contribution in [-0.2, 0) is 22.4 Å². The average Bonchev–Trinajstić information content (AvgIpc) is 3.14. The molecule has 7 heteroatoms. The van der Waals surface area contributed by atoms with Crippen molar-refractivity contribution in [1.82, 2.24) is 0 Å². The second kappa shape index (κ2) is 9.12. The Balaban J connectivity index is 2.12. The molecule has 1 aliphatic rings. The summed E-state index contributed by atoms with van der Waals surface area (Å²) in [5.74, 6) is 0.416. The van der Waals surface area contributed by atoms with Gasteiger partial charge >= 0.3 is 6.09 Å². The molecule has 0 aliphatic carbocycles. The third kappa shape index (κ3) is 5.36. The second-order valence-corrected chi connectivity index (χ2v) is 8.29. The summed E-state index contributed by atoms with van der Waals surface area (Å²) in [6.45, 7) is 9.19. The smallest absolute Gasteiger partial charge is 0.415 e. The summed E-state index contributed by atoms with van der Waals surface area (Å²) in [7, 11) is 0. The zero-order valence-corrected chi connectivity index (χ0v) is 18.1. The van der Waals surface area contributed by atoms with E-state index in [0.717, 1.165) is 11.1 Å². The number of nitrogens with zero attached hydrogens (tertiary/aromatic N) is 1. The molecule has 2 aromatic rings. The number of hydrogen-bond acceptors (Lipinski definition) is 5. The number of fused-ring (bicyclic) bond motifs is 1. The van der Waals surface area contributed by atoms with Crippen LogP contribution < -0.4 is 20.1 Å². The van der Waals surface area contributed by atoms with Gasteiger partial charge < -0.3 is 19.9 Å². The maximum absolute atomic E-state index is 13.4. The first-order valence-corrected chi connectivity index (χ1v) is 10.1. The third-order valence-electron chi connectivity index (χ3n) is 4.70. The van der Waals surface area contributed by atoms with E-state index in [1.165, 1.54) is 4.90 Å². The van der Waals surface area contributed by atoms with Crippen LogP contribution in [0, 0.1) is 0 Å². The highest BCUT2D eigenvalue weighted by Crippen LogP contribution is 2.40. The van der Waals surface area contributed by atoms with E-state index in [1.807, 2.05) is 30.3 Å². The van der Waals surface area contributed by atoms with Gasteiger partial charge in [0.2, 0.25) is 12.7 Å². The van der Waals surface area contributed by atoms with Gasteiger partial charge in [0.1, 0.15) is 11.6 Å². The average molecular weight is 424 g/mol. The number of ether oxygens (including phenoxy) is 3. The Bertz CT molecular complexity index is 966. The van der Waals surface area contributed by atoms with Crippen molar-refractivity contribution in [2.45, 2.75) is 45.3 Å². The number of carbonyl (C=O) groups excluding carboxylic acids is 2. The molecule has 0 saturated heterocycles. The van der Waals surface area contributed by atoms with Gasteiger partial charge in [-0.1, -0.05) is 36.4 Å². The summed E-state index contributed by atoms with van der Waals surface area (Å²) >= 11 is 0. The third-order valence-corrected chi connectivity index (χ3v) is 4.70. The minimum absolute atomic E-state index is 0.0853. The van der Waals surface area contributed by atoms with Crippen molar-refractivity contribution in [3.05, 3.63) is 66.2 Å². The number of hydrogen-bond donors (Lipinski definition) is 1. The Kier molecular flexibility index (Phi) is 6.53. The van der Waals surface area contributed by atoms with Gasteiger partial charge in [0, 0.05) is 12.5 Å². The van der Waals surface area contributed by atoms with Gasteiger partial charge in [-0.3, -0.25) is 9.69 Å². The first-order chi connectivity index (χ1) is 14.7. The van der Waals surface area contributed by atoms with Crippen LogP contribution in [0.2, 0.25) is 0 Å². The van der Waals surface area contributed by atoms with Gasteiger partial charge in [0.25, 0.3) is 0 Å². The van der Waals surface area contributed by atoms with Crippen molar-refractivity contribution in [3.63, 3.8) is 0 Å². The van der Waals surface area contributed by atoms with Crippen LogP contribution in [-0.4, -0.2) is 30.4 Å². The molecule has 0 bridgehead atoms. The molecule has 2 aromatic carbocycles. The maximum Gasteiger partial charge on any atom is 0.415 e. The molecule has 31 heavy (non-hydrogen) atoms. The van der Waals surface area contributed by atoms with E-state index >= 15 is 0 Å². The lowest BCUT2D eigenvalue weighted by atomic mass is 10.0. The molecule has 0 fully saturated rings. The minimum Gasteiger partial charge on any atom is -0.454 e. The number of primary amides is 1. The Morgan fingerprint density at radius 1 is 1.19 bits per heavy atom. The quantitative estimate of drug-likeness (QED) is 0.679. The summed E-state index contributed by atoms with van der Waals surface area (Å²) in [4.78, 5) is 27.3. The Morgan fingerprint density at radius 2 is 1.84 bits per heavy atom. The number of carbonyl (C=O) groups is 2. The van der Waals surface area contributed by atoms with E-state index in [0.29, 0.717) is 23.6 Å². The highest BCUT2D eigenvalue weighted by molar-refractivity contribution is 5.98. The molecule has 0 aromatic heterocycles. The standard InChI is InChI=1S/C24H28N2O5/c1-5-9-17-13-20-21(30-15-29-20)14-18(17)26(23(28)31-24(2,3)4)19(22(25)27)12-16-10-7-6-8-11-16/h5-8,10-11,13-14,19H,1,9,12,15H2,2-4H3,(H2,25,27)/t19-/m0/s1. The normalized spacial score (nSPS) is 13.4. The molecule has 0 unspecified atom stereocenters. The van der Waals surface area contributed by atoms with Crippen LogP contribution in [0.3, 0.4) is 0 Å². The van der Waals surface area contributed by atoms with Crippen LogP contribution in [0.5, 0.6) is 11.5 Å². The molecule has 1 aliphatic heterocycles. The maximum atomic E-state index is 13.4. The first kappa shape index (κ1) is 22.2. The summed E-state index contributed by atoms with van der Waals surface area (Å²) in [6, 6.07) is 11.9. The lowest BCUT2D eigenvalue weighted by Gasteiger charge is -2.33. The van der Waals surface area contributed by atoms with Crippen molar-refractivity contribution < 1.29 is 23.8 Å². The lowest BCUT2D eigenvalue weighted by Crippen LogP contribution is -2.51. The van der Waals surface area contributed by atoms with E-state index < -0.39 is 23.6 Å². The second-order valence-electron chi connectivity index (χ2n) is 8.29. The Morgan fingerprint density at radius 3 is 2.42 bits per heavy atom. The van der Waals surface area contributed by atoms with Gasteiger partial charge in [0.15, 0.2) is 11.5 Å². The largest absolute Gasteiger partial charge is 0.454 e. The number of allylic oxidation sites excluding steroid dienone is 1. The van der Waals surface area contributed by atoms with Crippen molar-refractivity contribution in [2.75, 3.05) is 11.7 Å². The van der Waals surface area contributed by atoms with Crippen LogP contribution in [0.4, 0.5) is 10.5 Å². The molecule has 2 N–H and O–H groups in total. The Hall–Kier alpha value is -3.48. The predicted octanol–water partition coefficient (Wildman–Crippen LogP) is 3.98. The van der Waals surface area contributed by atoms with Gasteiger partial charge in [-0.2, -0.15) is 0 Å². The van der Waals surface area contributed by atoms with Crippen molar-refractivity contribution in [1.29, 1.82) is 0 Å². The van der Waals surface area contributed by atoms with Crippen LogP contribution in [0.25, 0.3) is 0 Å². The number of anilines is 1. The van der Waals surface area contributed by atoms with Crippen molar-refractivity contribution in [2.24, 2.45) is 5.73 Å². The highest BCUT2D eigenvalue weighted by atomic mass is 16.7. The summed E-state index contributed by atoms with van der Waals surface area (Å²) < 4.78 is 16.7. The first-order valence-electron chi connectivity index (χ1n) is 10.1. The molecule has 1 atom stereocenters. The van der Waals surface area contributed by atoms with Crippen molar-refractivity contribution in [3.8, 4) is 11.5 Å². The van der Waals surface area contributed by atoms with Crippen molar-refractivity contribution >= 4 is 17.7 Å². The van der Waals surface area contributed by atoms with E-state index in [9.17, 15) is 9.59 Å². The number of nitrogens with two attached hydrogens (primary N) is 1. The lowest BCUT2D eigenvalue weighted by molar-refractivity contribution is -0.119. The fourth-order valence-electron chi connectivity index (χ4n) is 3.38. The zero-order chi connectivity index (χ0) is 22.6. The van der Waals surface area contributed by atoms with E-state index in [-0.39, 0.29) is 13.2 Å². The van der Waals surface area contributed by atoms with Crippen LogP contribution in [0.1, 0.15) is 31.9 Å². The Labute approximate surface area is 182 Å². The molecule has 7 nitrogen and oxygen atoms in total. The van der Waals surface area contributed by atoms with E-state index in [2.05, 4.69) is 6.58 Å². The predicted molar refractivity (Wildman–Crippen MR) is 118 cm³/mol. The fraction of sp³-hybridized carbons (Fsp3) is 0.333. The van der Waals surface area contributed by atoms with Gasteiger partial charge in [-0.05, 0) is 44.4 Å². The highest BCUT2D eigenvalue weighted by Gasteiger charge is 2.35. The number of amides is 2. The monoisotopic (exact) mass is 424 g/mol. The summed E-state index contributed by atoms with van der Waals surface area (Å²) in [5, 5.41) is 0. The molecule has 2 amide bonds. The molecule has 0 radical (unpaired) electrons. The molecule has 0 saturated carbocycles. The SMILES string of the molecule is C=CCc1cc2c(cc1N(C(=O)OC(C)(C)C)[C@@H](Cc1ccccc1)C(N)=O)OCO2. The molecule has 164 valence electrons.